The average molecular weight is 522 g/mol. The van der Waals surface area contributed by atoms with Crippen LogP contribution in [0.5, 0.6) is 5.75 Å². The lowest BCUT2D eigenvalue weighted by atomic mass is 10.1. The summed E-state index contributed by atoms with van der Waals surface area (Å²) in [6.45, 7) is 1.70. The standard InChI is InChI=1S/C22H26N4O3.HI/c1-23-22(25-15-16-9-3-6-12-19(16)29-2)24-13-7-8-14-26-20(27)17-10-4-5-11-18(17)21(26)28;/h3-6,9-12H,7-8,13-15H2,1-2H3,(H2,23,24,25);1H. The molecule has 2 aromatic carbocycles. The molecule has 0 unspecified atom stereocenters. The molecule has 0 aromatic heterocycles. The third-order valence-electron chi connectivity index (χ3n) is 4.84. The third kappa shape index (κ3) is 5.50. The van der Waals surface area contributed by atoms with Crippen LogP contribution in [-0.2, 0) is 6.54 Å². The number of hydrogen-bond acceptors (Lipinski definition) is 4. The van der Waals surface area contributed by atoms with Gasteiger partial charge in [-0.05, 0) is 31.0 Å². The van der Waals surface area contributed by atoms with Gasteiger partial charge in [0.2, 0.25) is 0 Å². The topological polar surface area (TPSA) is 83.0 Å². The van der Waals surface area contributed by atoms with Gasteiger partial charge in [-0.25, -0.2) is 0 Å². The predicted octanol–water partition coefficient (Wildman–Crippen LogP) is 3.05. The van der Waals surface area contributed by atoms with Gasteiger partial charge in [0.15, 0.2) is 5.96 Å². The fraction of sp³-hybridized carbons (Fsp3) is 0.318. The van der Waals surface area contributed by atoms with Gasteiger partial charge < -0.3 is 15.4 Å². The number of halogens is 1. The Hall–Kier alpha value is -2.62. The van der Waals surface area contributed by atoms with Gasteiger partial charge in [-0.2, -0.15) is 0 Å². The molecule has 0 aliphatic carbocycles. The normalized spacial score (nSPS) is 13.0. The van der Waals surface area contributed by atoms with Crippen LogP contribution in [0.4, 0.5) is 0 Å². The van der Waals surface area contributed by atoms with Crippen molar-refractivity contribution in [2.24, 2.45) is 4.99 Å². The number of methoxy groups -OCH3 is 1. The highest BCUT2D eigenvalue weighted by Crippen LogP contribution is 2.22. The zero-order chi connectivity index (χ0) is 20.6. The molecule has 0 radical (unpaired) electrons. The lowest BCUT2D eigenvalue weighted by molar-refractivity contribution is 0.0652. The zero-order valence-electron chi connectivity index (χ0n) is 17.2. The number of carbonyl (C=O) groups excluding carboxylic acids is 2. The number of imide groups is 1. The maximum Gasteiger partial charge on any atom is 0.261 e. The Bertz CT molecular complexity index is 882. The number of benzene rings is 2. The number of guanidine groups is 1. The smallest absolute Gasteiger partial charge is 0.261 e. The Morgan fingerprint density at radius 2 is 1.60 bits per heavy atom. The minimum atomic E-state index is -0.201. The molecule has 2 aromatic rings. The first-order chi connectivity index (χ1) is 14.2. The molecule has 0 saturated carbocycles. The van der Waals surface area contributed by atoms with Gasteiger partial charge in [-0.1, -0.05) is 30.3 Å². The number of fused-ring (bicyclic) bond motifs is 1. The van der Waals surface area contributed by atoms with E-state index in [0.717, 1.165) is 24.2 Å². The number of aliphatic imine (C=N–C) groups is 1. The van der Waals surface area contributed by atoms with E-state index in [9.17, 15) is 9.59 Å². The molecule has 1 aliphatic rings. The largest absolute Gasteiger partial charge is 0.496 e. The number of hydrogen-bond donors (Lipinski definition) is 2. The van der Waals surface area contributed by atoms with Gasteiger partial charge in [0, 0.05) is 32.2 Å². The highest BCUT2D eigenvalue weighted by atomic mass is 127. The van der Waals surface area contributed by atoms with E-state index in [0.29, 0.717) is 36.7 Å². The maximum absolute atomic E-state index is 12.3. The Kier molecular flexibility index (Phi) is 9.10. The summed E-state index contributed by atoms with van der Waals surface area (Å²) in [4.78, 5) is 30.2. The van der Waals surface area contributed by atoms with E-state index >= 15 is 0 Å². The van der Waals surface area contributed by atoms with Crippen LogP contribution < -0.4 is 15.4 Å². The van der Waals surface area contributed by atoms with Crippen molar-refractivity contribution in [2.45, 2.75) is 19.4 Å². The van der Waals surface area contributed by atoms with Gasteiger partial charge >= 0.3 is 0 Å². The number of unbranched alkanes of at least 4 members (excludes halogenated alkanes) is 1. The van der Waals surface area contributed by atoms with Crippen LogP contribution in [-0.4, -0.2) is 49.9 Å². The average Bonchev–Trinajstić information content (AvgIpc) is 3.00. The van der Waals surface area contributed by atoms with Crippen LogP contribution in [0, 0.1) is 0 Å². The summed E-state index contributed by atoms with van der Waals surface area (Å²) in [5.74, 6) is 1.12. The molecule has 3 rings (SSSR count). The molecule has 1 heterocycles. The second-order valence-electron chi connectivity index (χ2n) is 6.68. The first-order valence-electron chi connectivity index (χ1n) is 9.67. The van der Waals surface area contributed by atoms with E-state index in [1.54, 1.807) is 38.4 Å². The molecule has 0 spiro atoms. The predicted molar refractivity (Wildman–Crippen MR) is 128 cm³/mol. The van der Waals surface area contributed by atoms with E-state index in [4.69, 9.17) is 4.74 Å². The summed E-state index contributed by atoms with van der Waals surface area (Å²) in [7, 11) is 3.37. The molecule has 160 valence electrons. The van der Waals surface area contributed by atoms with Gasteiger partial charge in [-0.15, -0.1) is 24.0 Å². The van der Waals surface area contributed by atoms with Crippen molar-refractivity contribution in [2.75, 3.05) is 27.2 Å². The second kappa shape index (κ2) is 11.5. The molecule has 0 fully saturated rings. The van der Waals surface area contributed by atoms with E-state index in [2.05, 4.69) is 15.6 Å². The van der Waals surface area contributed by atoms with E-state index in [1.165, 1.54) is 4.90 Å². The third-order valence-corrected chi connectivity index (χ3v) is 4.84. The van der Waals surface area contributed by atoms with Crippen LogP contribution in [0.2, 0.25) is 0 Å². The summed E-state index contributed by atoms with van der Waals surface area (Å²) < 4.78 is 5.35. The first kappa shape index (κ1) is 23.7. The first-order valence-corrected chi connectivity index (χ1v) is 9.67. The van der Waals surface area contributed by atoms with Crippen LogP contribution >= 0.6 is 24.0 Å². The quantitative estimate of drug-likeness (QED) is 0.183. The van der Waals surface area contributed by atoms with Crippen molar-refractivity contribution in [3.63, 3.8) is 0 Å². The Morgan fingerprint density at radius 1 is 0.967 bits per heavy atom. The number of amides is 2. The Balaban J connectivity index is 0.00000320. The molecule has 7 nitrogen and oxygen atoms in total. The van der Waals surface area contributed by atoms with Gasteiger partial charge in [0.1, 0.15) is 5.75 Å². The molecule has 8 heteroatoms. The summed E-state index contributed by atoms with van der Waals surface area (Å²) in [6.07, 6.45) is 1.53. The van der Waals surface area contributed by atoms with Crippen molar-refractivity contribution in [3.8, 4) is 5.75 Å². The summed E-state index contributed by atoms with van der Waals surface area (Å²) >= 11 is 0. The lowest BCUT2D eigenvalue weighted by Gasteiger charge is -2.15. The molecular weight excluding hydrogens is 495 g/mol. The minimum Gasteiger partial charge on any atom is -0.496 e. The Morgan fingerprint density at radius 3 is 2.23 bits per heavy atom. The van der Waals surface area contributed by atoms with E-state index < -0.39 is 0 Å². The highest BCUT2D eigenvalue weighted by molar-refractivity contribution is 14.0. The molecule has 0 saturated heterocycles. The van der Waals surface area contributed by atoms with Gasteiger partial charge in [-0.3, -0.25) is 19.5 Å². The molecule has 1 aliphatic heterocycles. The van der Waals surface area contributed by atoms with Crippen molar-refractivity contribution in [3.05, 3.63) is 65.2 Å². The number of carbonyl (C=O) groups is 2. The highest BCUT2D eigenvalue weighted by Gasteiger charge is 2.34. The molecular formula is C22H27IN4O3. The van der Waals surface area contributed by atoms with Gasteiger partial charge in [0.25, 0.3) is 11.8 Å². The van der Waals surface area contributed by atoms with Crippen LogP contribution in [0.3, 0.4) is 0 Å². The number of ether oxygens (including phenoxy) is 1. The van der Waals surface area contributed by atoms with Crippen molar-refractivity contribution in [1.29, 1.82) is 0 Å². The second-order valence-corrected chi connectivity index (χ2v) is 6.68. The number of para-hydroxylation sites is 1. The monoisotopic (exact) mass is 522 g/mol. The fourth-order valence-electron chi connectivity index (χ4n) is 3.29. The molecule has 2 N–H and O–H groups in total. The summed E-state index contributed by atoms with van der Waals surface area (Å²) in [6, 6.07) is 14.8. The zero-order valence-corrected chi connectivity index (χ0v) is 19.5. The Labute approximate surface area is 193 Å². The van der Waals surface area contributed by atoms with Crippen molar-refractivity contribution in [1.82, 2.24) is 15.5 Å². The van der Waals surface area contributed by atoms with Crippen LogP contribution in [0.15, 0.2) is 53.5 Å². The number of nitrogens with zero attached hydrogens (tertiary/aromatic N) is 2. The summed E-state index contributed by atoms with van der Waals surface area (Å²) in [5, 5.41) is 6.51. The number of rotatable bonds is 8. The molecule has 0 bridgehead atoms. The fourth-order valence-corrected chi connectivity index (χ4v) is 3.29. The molecule has 30 heavy (non-hydrogen) atoms. The minimum absolute atomic E-state index is 0. The van der Waals surface area contributed by atoms with Crippen LogP contribution in [0.1, 0.15) is 39.1 Å². The lowest BCUT2D eigenvalue weighted by Crippen LogP contribution is -2.37. The SMILES string of the molecule is CN=C(NCCCCN1C(=O)c2ccccc2C1=O)NCc1ccccc1OC.I. The van der Waals surface area contributed by atoms with Crippen molar-refractivity contribution < 1.29 is 14.3 Å². The van der Waals surface area contributed by atoms with E-state index in [1.807, 2.05) is 24.3 Å². The number of nitrogens with one attached hydrogen (secondary N) is 2. The maximum atomic E-state index is 12.3. The van der Waals surface area contributed by atoms with Crippen molar-refractivity contribution >= 4 is 41.8 Å². The van der Waals surface area contributed by atoms with Crippen LogP contribution in [0.25, 0.3) is 0 Å². The van der Waals surface area contributed by atoms with E-state index in [-0.39, 0.29) is 35.8 Å². The van der Waals surface area contributed by atoms with Gasteiger partial charge in [0.05, 0.1) is 18.2 Å². The molecule has 0 atom stereocenters. The molecule has 2 amide bonds. The summed E-state index contributed by atoms with van der Waals surface area (Å²) in [5.41, 5.74) is 2.04.